The predicted molar refractivity (Wildman–Crippen MR) is 47.2 cm³/mol. The lowest BCUT2D eigenvalue weighted by atomic mass is 10.1. The number of hydrogen-bond acceptors (Lipinski definition) is 2. The maximum absolute atomic E-state index is 5.80. The zero-order valence-electron chi connectivity index (χ0n) is 6.18. The summed E-state index contributed by atoms with van der Waals surface area (Å²) in [6.07, 6.45) is 0. The van der Waals surface area contributed by atoms with E-state index in [-0.39, 0.29) is 0 Å². The van der Waals surface area contributed by atoms with E-state index in [4.69, 9.17) is 23.1 Å². The van der Waals surface area contributed by atoms with Gasteiger partial charge in [-0.2, -0.15) is 0 Å². The summed E-state index contributed by atoms with van der Waals surface area (Å²) in [5, 5.41) is 0.702. The summed E-state index contributed by atoms with van der Waals surface area (Å²) in [6, 6.07) is 5.66. The minimum atomic E-state index is 0.507. The molecule has 0 aliphatic heterocycles. The molecule has 11 heavy (non-hydrogen) atoms. The molecular weight excluding hydrogens is 160 g/mol. The van der Waals surface area contributed by atoms with Crippen molar-refractivity contribution in [3.05, 3.63) is 34.3 Å². The van der Waals surface area contributed by atoms with Crippen molar-refractivity contribution in [3.63, 3.8) is 0 Å². The fourth-order valence-electron chi connectivity index (χ4n) is 0.953. The SMILES string of the molecule is NCc1cc(Cl)cc(CN)c1. The lowest BCUT2D eigenvalue weighted by Gasteiger charge is -2.01. The van der Waals surface area contributed by atoms with Crippen molar-refractivity contribution in [3.8, 4) is 0 Å². The Bertz CT molecular complexity index is 226. The highest BCUT2D eigenvalue weighted by molar-refractivity contribution is 6.30. The Kier molecular flexibility index (Phi) is 2.88. The fraction of sp³-hybridized carbons (Fsp3) is 0.250. The van der Waals surface area contributed by atoms with Crippen molar-refractivity contribution in [1.82, 2.24) is 0 Å². The van der Waals surface area contributed by atoms with Crippen molar-refractivity contribution in [2.45, 2.75) is 13.1 Å². The molecule has 1 rings (SSSR count). The van der Waals surface area contributed by atoms with Crippen molar-refractivity contribution >= 4 is 11.6 Å². The molecule has 0 fully saturated rings. The van der Waals surface area contributed by atoms with Crippen LogP contribution in [0.15, 0.2) is 18.2 Å². The smallest absolute Gasteiger partial charge is 0.0412 e. The Morgan fingerprint density at radius 3 is 1.82 bits per heavy atom. The highest BCUT2D eigenvalue weighted by Crippen LogP contribution is 2.14. The first kappa shape index (κ1) is 8.53. The van der Waals surface area contributed by atoms with Crippen LogP contribution < -0.4 is 11.5 Å². The number of nitrogens with two attached hydrogens (primary N) is 2. The molecule has 0 saturated heterocycles. The van der Waals surface area contributed by atoms with E-state index in [1.165, 1.54) is 0 Å². The standard InChI is InChI=1S/C8H11ClN2/c9-8-2-6(4-10)1-7(3-8)5-11/h1-3H,4-5,10-11H2. The molecule has 60 valence electrons. The number of hydrogen-bond donors (Lipinski definition) is 2. The normalized spacial score (nSPS) is 10.1. The minimum absolute atomic E-state index is 0.507. The summed E-state index contributed by atoms with van der Waals surface area (Å²) in [5.41, 5.74) is 12.9. The molecule has 0 aliphatic rings. The molecule has 0 saturated carbocycles. The molecule has 0 bridgehead atoms. The van der Waals surface area contributed by atoms with Crippen LogP contribution in [0.4, 0.5) is 0 Å². The van der Waals surface area contributed by atoms with Crippen LogP contribution in [0.3, 0.4) is 0 Å². The van der Waals surface area contributed by atoms with E-state index in [0.717, 1.165) is 11.1 Å². The third kappa shape index (κ3) is 2.19. The molecule has 0 radical (unpaired) electrons. The first-order valence-corrected chi connectivity index (χ1v) is 3.82. The van der Waals surface area contributed by atoms with Gasteiger partial charge in [0.2, 0.25) is 0 Å². The lowest BCUT2D eigenvalue weighted by molar-refractivity contribution is 1.03. The van der Waals surface area contributed by atoms with Crippen molar-refractivity contribution < 1.29 is 0 Å². The van der Waals surface area contributed by atoms with Crippen molar-refractivity contribution in [2.75, 3.05) is 0 Å². The summed E-state index contributed by atoms with van der Waals surface area (Å²) in [7, 11) is 0. The van der Waals surface area contributed by atoms with Gasteiger partial charge in [-0.1, -0.05) is 17.7 Å². The van der Waals surface area contributed by atoms with Gasteiger partial charge in [-0.05, 0) is 23.3 Å². The largest absolute Gasteiger partial charge is 0.326 e. The number of benzene rings is 1. The van der Waals surface area contributed by atoms with Gasteiger partial charge < -0.3 is 11.5 Å². The Hall–Kier alpha value is -0.570. The molecule has 0 spiro atoms. The Morgan fingerprint density at radius 1 is 1.00 bits per heavy atom. The minimum Gasteiger partial charge on any atom is -0.326 e. The van der Waals surface area contributed by atoms with Gasteiger partial charge in [0, 0.05) is 18.1 Å². The Morgan fingerprint density at radius 2 is 1.45 bits per heavy atom. The van der Waals surface area contributed by atoms with E-state index in [1.54, 1.807) is 0 Å². The van der Waals surface area contributed by atoms with Crippen LogP contribution in [-0.2, 0) is 13.1 Å². The molecule has 1 aromatic rings. The maximum Gasteiger partial charge on any atom is 0.0412 e. The summed E-state index contributed by atoms with van der Waals surface area (Å²) >= 11 is 5.80. The van der Waals surface area contributed by atoms with E-state index in [9.17, 15) is 0 Å². The summed E-state index contributed by atoms with van der Waals surface area (Å²) in [4.78, 5) is 0. The van der Waals surface area contributed by atoms with Crippen LogP contribution in [0.25, 0.3) is 0 Å². The van der Waals surface area contributed by atoms with Gasteiger partial charge in [0.15, 0.2) is 0 Å². The van der Waals surface area contributed by atoms with Gasteiger partial charge in [-0.15, -0.1) is 0 Å². The molecule has 4 N–H and O–H groups in total. The Labute approximate surface area is 71.1 Å². The maximum atomic E-state index is 5.80. The van der Waals surface area contributed by atoms with Gasteiger partial charge in [0.25, 0.3) is 0 Å². The fourth-order valence-corrected chi connectivity index (χ4v) is 1.23. The first-order chi connectivity index (χ1) is 5.26. The highest BCUT2D eigenvalue weighted by atomic mass is 35.5. The molecule has 0 aromatic heterocycles. The highest BCUT2D eigenvalue weighted by Gasteiger charge is 1.95. The summed E-state index contributed by atoms with van der Waals surface area (Å²) < 4.78 is 0. The van der Waals surface area contributed by atoms with Crippen LogP contribution in [-0.4, -0.2) is 0 Å². The average Bonchev–Trinajstić information content (AvgIpc) is 2.03. The van der Waals surface area contributed by atoms with Crippen molar-refractivity contribution in [1.29, 1.82) is 0 Å². The van der Waals surface area contributed by atoms with E-state index in [1.807, 2.05) is 18.2 Å². The van der Waals surface area contributed by atoms with E-state index >= 15 is 0 Å². The molecule has 2 nitrogen and oxygen atoms in total. The summed E-state index contributed by atoms with van der Waals surface area (Å²) in [5.74, 6) is 0. The van der Waals surface area contributed by atoms with Crippen LogP contribution in [0.1, 0.15) is 11.1 Å². The average molecular weight is 171 g/mol. The van der Waals surface area contributed by atoms with Crippen LogP contribution >= 0.6 is 11.6 Å². The van der Waals surface area contributed by atoms with Crippen molar-refractivity contribution in [2.24, 2.45) is 11.5 Å². The topological polar surface area (TPSA) is 52.0 Å². The number of halogens is 1. The third-order valence-corrected chi connectivity index (χ3v) is 1.71. The van der Waals surface area contributed by atoms with Crippen LogP contribution in [0, 0.1) is 0 Å². The zero-order valence-corrected chi connectivity index (χ0v) is 6.93. The molecule has 0 unspecified atom stereocenters. The molecule has 3 heteroatoms. The van der Waals surface area contributed by atoms with Gasteiger partial charge >= 0.3 is 0 Å². The van der Waals surface area contributed by atoms with Gasteiger partial charge in [0.05, 0.1) is 0 Å². The van der Waals surface area contributed by atoms with E-state index in [2.05, 4.69) is 0 Å². The molecule has 1 aromatic carbocycles. The summed E-state index contributed by atoms with van der Waals surface area (Å²) in [6.45, 7) is 1.02. The molecular formula is C8H11ClN2. The Balaban J connectivity index is 3.02. The molecule has 0 atom stereocenters. The molecule has 0 aliphatic carbocycles. The lowest BCUT2D eigenvalue weighted by Crippen LogP contribution is -2.00. The third-order valence-electron chi connectivity index (χ3n) is 1.49. The van der Waals surface area contributed by atoms with Gasteiger partial charge in [0.1, 0.15) is 0 Å². The zero-order chi connectivity index (χ0) is 8.27. The van der Waals surface area contributed by atoms with Gasteiger partial charge in [-0.3, -0.25) is 0 Å². The van der Waals surface area contributed by atoms with E-state index in [0.29, 0.717) is 18.1 Å². The molecule has 0 amide bonds. The van der Waals surface area contributed by atoms with E-state index < -0.39 is 0 Å². The quantitative estimate of drug-likeness (QED) is 0.702. The first-order valence-electron chi connectivity index (χ1n) is 3.44. The molecule has 0 heterocycles. The second kappa shape index (κ2) is 3.72. The van der Waals surface area contributed by atoms with Crippen LogP contribution in [0.2, 0.25) is 5.02 Å². The predicted octanol–water partition coefficient (Wildman–Crippen LogP) is 1.26. The monoisotopic (exact) mass is 170 g/mol. The second-order valence-corrected chi connectivity index (χ2v) is 2.81. The second-order valence-electron chi connectivity index (χ2n) is 2.38. The van der Waals surface area contributed by atoms with Crippen LogP contribution in [0.5, 0.6) is 0 Å². The van der Waals surface area contributed by atoms with Gasteiger partial charge in [-0.25, -0.2) is 0 Å². The number of rotatable bonds is 2.